The van der Waals surface area contributed by atoms with Crippen LogP contribution in [0.4, 0.5) is 5.82 Å². The van der Waals surface area contributed by atoms with Crippen LogP contribution in [-0.2, 0) is 0 Å². The maximum Gasteiger partial charge on any atom is 0.138 e. The van der Waals surface area contributed by atoms with E-state index < -0.39 is 5.60 Å². The number of aliphatic hydroxyl groups is 1. The quantitative estimate of drug-likeness (QED) is 0.798. The summed E-state index contributed by atoms with van der Waals surface area (Å²) in [4.78, 5) is 4.18. The molecule has 2 aromatic heterocycles. The molecule has 2 N–H and O–H groups in total. The number of nitrogens with zero attached hydrogens (tertiary/aromatic N) is 2. The molecule has 15 heavy (non-hydrogen) atoms. The number of nitrogens with one attached hydrogen (secondary N) is 1. The molecule has 2 rings (SSSR count). The second kappa shape index (κ2) is 3.55. The zero-order chi connectivity index (χ0) is 10.9. The van der Waals surface area contributed by atoms with Crippen LogP contribution in [0.15, 0.2) is 30.6 Å². The van der Waals surface area contributed by atoms with Gasteiger partial charge < -0.3 is 10.4 Å². The Kier molecular flexibility index (Phi) is 2.36. The van der Waals surface area contributed by atoms with Crippen LogP contribution in [0.3, 0.4) is 0 Å². The van der Waals surface area contributed by atoms with Crippen molar-refractivity contribution < 1.29 is 5.11 Å². The van der Waals surface area contributed by atoms with E-state index in [0.717, 1.165) is 11.5 Å². The molecular formula is C11H15N3O. The first kappa shape index (κ1) is 9.98. The Morgan fingerprint density at radius 3 is 3.00 bits per heavy atom. The molecule has 0 atom stereocenters. The Labute approximate surface area is 88.6 Å². The minimum absolute atomic E-state index is 0.504. The van der Waals surface area contributed by atoms with Crippen LogP contribution in [0.1, 0.15) is 13.8 Å². The molecule has 2 heterocycles. The van der Waals surface area contributed by atoms with Crippen LogP contribution in [0.5, 0.6) is 0 Å². The molecule has 2 aromatic rings. The van der Waals surface area contributed by atoms with Gasteiger partial charge in [-0.25, -0.2) is 4.98 Å². The Balaban J connectivity index is 2.24. The third-order valence-electron chi connectivity index (χ3n) is 2.13. The van der Waals surface area contributed by atoms with Gasteiger partial charge in [-0.05, 0) is 26.0 Å². The number of hydrogen-bond acceptors (Lipinski definition) is 3. The van der Waals surface area contributed by atoms with Crippen molar-refractivity contribution in [2.75, 3.05) is 11.9 Å². The highest BCUT2D eigenvalue weighted by molar-refractivity contribution is 5.49. The molecule has 80 valence electrons. The van der Waals surface area contributed by atoms with Crippen LogP contribution >= 0.6 is 0 Å². The third kappa shape index (κ3) is 2.27. The summed E-state index contributed by atoms with van der Waals surface area (Å²) in [5.74, 6) is 0.937. The molecule has 0 saturated carbocycles. The Morgan fingerprint density at radius 1 is 1.47 bits per heavy atom. The fourth-order valence-electron chi connectivity index (χ4n) is 1.40. The van der Waals surface area contributed by atoms with Crippen LogP contribution in [-0.4, -0.2) is 26.6 Å². The SMILES string of the molecule is CC(C)(O)CNc1cccc2nccn12. The molecule has 0 aromatic carbocycles. The van der Waals surface area contributed by atoms with Crippen molar-refractivity contribution in [3.8, 4) is 0 Å². The van der Waals surface area contributed by atoms with E-state index in [1.165, 1.54) is 0 Å². The summed E-state index contributed by atoms with van der Waals surface area (Å²) in [6.45, 7) is 4.05. The average molecular weight is 205 g/mol. The van der Waals surface area contributed by atoms with Crippen molar-refractivity contribution in [2.45, 2.75) is 19.4 Å². The third-order valence-corrected chi connectivity index (χ3v) is 2.13. The van der Waals surface area contributed by atoms with Crippen molar-refractivity contribution in [2.24, 2.45) is 0 Å². The minimum atomic E-state index is -0.719. The number of rotatable bonds is 3. The molecule has 4 nitrogen and oxygen atoms in total. The normalized spacial score (nSPS) is 11.9. The van der Waals surface area contributed by atoms with Crippen LogP contribution < -0.4 is 5.32 Å². The number of pyridine rings is 1. The Bertz CT molecular complexity index is 456. The smallest absolute Gasteiger partial charge is 0.138 e. The molecule has 0 unspecified atom stereocenters. The zero-order valence-electron chi connectivity index (χ0n) is 8.94. The molecule has 0 amide bonds. The summed E-state index contributed by atoms with van der Waals surface area (Å²) in [5, 5.41) is 12.8. The summed E-state index contributed by atoms with van der Waals surface area (Å²) in [6, 6.07) is 5.84. The summed E-state index contributed by atoms with van der Waals surface area (Å²) in [5.41, 5.74) is 0.179. The van der Waals surface area contributed by atoms with Crippen LogP contribution in [0, 0.1) is 0 Å². The predicted molar refractivity (Wildman–Crippen MR) is 60.0 cm³/mol. The first-order valence-corrected chi connectivity index (χ1v) is 4.95. The lowest BCUT2D eigenvalue weighted by molar-refractivity contribution is 0.0944. The fourth-order valence-corrected chi connectivity index (χ4v) is 1.40. The molecule has 0 bridgehead atoms. The van der Waals surface area contributed by atoms with E-state index in [2.05, 4.69) is 10.3 Å². The fraction of sp³-hybridized carbons (Fsp3) is 0.364. The molecule has 0 aliphatic carbocycles. The van der Waals surface area contributed by atoms with Crippen molar-refractivity contribution in [3.05, 3.63) is 30.6 Å². The van der Waals surface area contributed by atoms with Crippen molar-refractivity contribution in [1.29, 1.82) is 0 Å². The average Bonchev–Trinajstić information content (AvgIpc) is 2.61. The lowest BCUT2D eigenvalue weighted by atomic mass is 10.1. The maximum atomic E-state index is 9.61. The van der Waals surface area contributed by atoms with Gasteiger partial charge in [0, 0.05) is 18.9 Å². The predicted octanol–water partition coefficient (Wildman–Crippen LogP) is 1.52. The lowest BCUT2D eigenvalue weighted by Crippen LogP contribution is -2.29. The molecule has 0 saturated heterocycles. The van der Waals surface area contributed by atoms with Gasteiger partial charge in [-0.1, -0.05) is 6.07 Å². The molecule has 0 fully saturated rings. The van der Waals surface area contributed by atoms with E-state index in [0.29, 0.717) is 6.54 Å². The molecule has 0 aliphatic heterocycles. The van der Waals surface area contributed by atoms with Crippen LogP contribution in [0.2, 0.25) is 0 Å². The molecule has 4 heteroatoms. The summed E-state index contributed by atoms with van der Waals surface area (Å²) >= 11 is 0. The summed E-state index contributed by atoms with van der Waals surface area (Å²) in [6.07, 6.45) is 3.65. The van der Waals surface area contributed by atoms with Gasteiger partial charge >= 0.3 is 0 Å². The number of hydrogen-bond donors (Lipinski definition) is 2. The lowest BCUT2D eigenvalue weighted by Gasteiger charge is -2.19. The van der Waals surface area contributed by atoms with Gasteiger partial charge in [-0.3, -0.25) is 4.40 Å². The van der Waals surface area contributed by atoms with Crippen molar-refractivity contribution in [3.63, 3.8) is 0 Å². The largest absolute Gasteiger partial charge is 0.389 e. The highest BCUT2D eigenvalue weighted by atomic mass is 16.3. The maximum absolute atomic E-state index is 9.61. The van der Waals surface area contributed by atoms with Gasteiger partial charge in [0.1, 0.15) is 11.5 Å². The van der Waals surface area contributed by atoms with E-state index in [4.69, 9.17) is 0 Å². The second-order valence-electron chi connectivity index (χ2n) is 4.23. The van der Waals surface area contributed by atoms with E-state index in [9.17, 15) is 5.11 Å². The monoisotopic (exact) mass is 205 g/mol. The van der Waals surface area contributed by atoms with Crippen molar-refractivity contribution >= 4 is 11.5 Å². The molecule has 0 radical (unpaired) electrons. The van der Waals surface area contributed by atoms with Gasteiger partial charge in [0.05, 0.1) is 5.60 Å². The van der Waals surface area contributed by atoms with Gasteiger partial charge in [0.25, 0.3) is 0 Å². The van der Waals surface area contributed by atoms with Gasteiger partial charge in [0.2, 0.25) is 0 Å². The highest BCUT2D eigenvalue weighted by Crippen LogP contribution is 2.12. The molecule has 0 spiro atoms. The topological polar surface area (TPSA) is 49.6 Å². The summed E-state index contributed by atoms with van der Waals surface area (Å²) in [7, 11) is 0. The first-order valence-electron chi connectivity index (χ1n) is 4.95. The van der Waals surface area contributed by atoms with Crippen LogP contribution in [0.25, 0.3) is 5.65 Å². The van der Waals surface area contributed by atoms with E-state index in [1.54, 1.807) is 20.0 Å². The van der Waals surface area contributed by atoms with Gasteiger partial charge in [0.15, 0.2) is 0 Å². The number of aromatic nitrogens is 2. The number of fused-ring (bicyclic) bond motifs is 1. The van der Waals surface area contributed by atoms with Gasteiger partial charge in [-0.15, -0.1) is 0 Å². The Hall–Kier alpha value is -1.55. The molecular weight excluding hydrogens is 190 g/mol. The Morgan fingerprint density at radius 2 is 2.27 bits per heavy atom. The first-order chi connectivity index (χ1) is 7.06. The van der Waals surface area contributed by atoms with E-state index >= 15 is 0 Å². The van der Waals surface area contributed by atoms with Gasteiger partial charge in [-0.2, -0.15) is 0 Å². The second-order valence-corrected chi connectivity index (χ2v) is 4.23. The highest BCUT2D eigenvalue weighted by Gasteiger charge is 2.12. The standard InChI is InChI=1S/C11H15N3O/c1-11(2,15)8-13-10-5-3-4-9-12-6-7-14(9)10/h3-7,13,15H,8H2,1-2H3. The number of imidazole rings is 1. The zero-order valence-corrected chi connectivity index (χ0v) is 8.94. The minimum Gasteiger partial charge on any atom is -0.389 e. The van der Waals surface area contributed by atoms with E-state index in [1.807, 2.05) is 28.8 Å². The molecule has 0 aliphatic rings. The van der Waals surface area contributed by atoms with Crippen molar-refractivity contribution in [1.82, 2.24) is 9.38 Å². The number of anilines is 1. The summed E-state index contributed by atoms with van der Waals surface area (Å²) < 4.78 is 1.95. The van der Waals surface area contributed by atoms with E-state index in [-0.39, 0.29) is 0 Å².